The van der Waals surface area contributed by atoms with E-state index in [4.69, 9.17) is 5.11 Å². The van der Waals surface area contributed by atoms with E-state index in [9.17, 15) is 4.79 Å². The summed E-state index contributed by atoms with van der Waals surface area (Å²) in [6.07, 6.45) is 6.38. The van der Waals surface area contributed by atoms with Crippen LogP contribution in [0.3, 0.4) is 0 Å². The number of nitrogens with zero attached hydrogens (tertiary/aromatic N) is 1. The Balaban J connectivity index is 2.43. The van der Waals surface area contributed by atoms with Crippen molar-refractivity contribution in [2.45, 2.75) is 45.2 Å². The highest BCUT2D eigenvalue weighted by atomic mass is 79.9. The highest BCUT2D eigenvalue weighted by molar-refractivity contribution is 9.10. The highest BCUT2D eigenvalue weighted by Crippen LogP contribution is 2.36. The molecule has 0 aromatic heterocycles. The normalized spacial score (nSPS) is 22.6. The summed E-state index contributed by atoms with van der Waals surface area (Å²) in [6, 6.07) is 7.04. The summed E-state index contributed by atoms with van der Waals surface area (Å²) in [4.78, 5) is 13.2. The second kappa shape index (κ2) is 6.44. The predicted octanol–water partition coefficient (Wildman–Crippen LogP) is 4.31. The van der Waals surface area contributed by atoms with Crippen molar-refractivity contribution in [1.82, 2.24) is 0 Å². The van der Waals surface area contributed by atoms with Crippen molar-refractivity contribution in [3.8, 4) is 0 Å². The summed E-state index contributed by atoms with van der Waals surface area (Å²) in [5.74, 6) is -0.916. The monoisotopic (exact) mass is 337 g/mol. The first-order chi connectivity index (χ1) is 9.52. The third-order valence-electron chi connectivity index (χ3n) is 3.93. The third kappa shape index (κ3) is 3.23. The summed E-state index contributed by atoms with van der Waals surface area (Å²) < 4.78 is 1.02. The molecule has 4 heteroatoms. The van der Waals surface area contributed by atoms with Gasteiger partial charge in [0.1, 0.15) is 0 Å². The predicted molar refractivity (Wildman–Crippen MR) is 86.1 cm³/mol. The molecule has 108 valence electrons. The smallest absolute Gasteiger partial charge is 0.328 e. The maximum atomic E-state index is 10.7. The average Bonchev–Trinajstić information content (AvgIpc) is 2.78. The molecule has 3 nitrogen and oxygen atoms in total. The van der Waals surface area contributed by atoms with Crippen molar-refractivity contribution in [3.05, 3.63) is 34.3 Å². The van der Waals surface area contributed by atoms with E-state index in [0.717, 1.165) is 22.1 Å². The Morgan fingerprint density at radius 3 is 2.90 bits per heavy atom. The number of hydrogen-bond donors (Lipinski definition) is 1. The molecule has 0 spiro atoms. The first-order valence-corrected chi connectivity index (χ1v) is 7.81. The van der Waals surface area contributed by atoms with Gasteiger partial charge in [0.2, 0.25) is 0 Å². The molecule has 1 aliphatic heterocycles. The van der Waals surface area contributed by atoms with Crippen LogP contribution in [0.4, 0.5) is 5.69 Å². The van der Waals surface area contributed by atoms with Gasteiger partial charge in [0.15, 0.2) is 0 Å². The first kappa shape index (κ1) is 15.1. The maximum absolute atomic E-state index is 10.7. The number of benzene rings is 1. The average molecular weight is 338 g/mol. The Morgan fingerprint density at radius 2 is 2.25 bits per heavy atom. The number of anilines is 1. The van der Waals surface area contributed by atoms with Crippen molar-refractivity contribution in [3.63, 3.8) is 0 Å². The van der Waals surface area contributed by atoms with Gasteiger partial charge in [0.05, 0.1) is 0 Å². The second-order valence-electron chi connectivity index (χ2n) is 5.27. The van der Waals surface area contributed by atoms with E-state index >= 15 is 0 Å². The molecule has 1 saturated heterocycles. The number of aliphatic carboxylic acids is 1. The Hall–Kier alpha value is -1.29. The fourth-order valence-electron chi connectivity index (χ4n) is 2.95. The fourth-order valence-corrected chi connectivity index (χ4v) is 3.30. The molecule has 20 heavy (non-hydrogen) atoms. The molecule has 0 amide bonds. The summed E-state index contributed by atoms with van der Waals surface area (Å²) in [7, 11) is 0. The summed E-state index contributed by atoms with van der Waals surface area (Å²) >= 11 is 3.52. The fraction of sp³-hybridized carbons (Fsp3) is 0.438. The van der Waals surface area contributed by atoms with E-state index in [2.05, 4.69) is 40.7 Å². The van der Waals surface area contributed by atoms with Gasteiger partial charge in [-0.2, -0.15) is 0 Å². The molecule has 0 radical (unpaired) electrons. The number of hydrogen-bond acceptors (Lipinski definition) is 2. The lowest BCUT2D eigenvalue weighted by molar-refractivity contribution is -0.131. The van der Waals surface area contributed by atoms with Crippen molar-refractivity contribution < 1.29 is 9.90 Å². The molecule has 1 heterocycles. The van der Waals surface area contributed by atoms with Gasteiger partial charge in [-0.05, 0) is 50.0 Å². The Morgan fingerprint density at radius 1 is 1.50 bits per heavy atom. The second-order valence-corrected chi connectivity index (χ2v) is 6.19. The maximum Gasteiger partial charge on any atom is 0.328 e. The minimum Gasteiger partial charge on any atom is -0.478 e. The van der Waals surface area contributed by atoms with Gasteiger partial charge in [0.25, 0.3) is 0 Å². The van der Waals surface area contributed by atoms with Crippen LogP contribution in [-0.2, 0) is 4.79 Å². The van der Waals surface area contributed by atoms with E-state index in [1.165, 1.54) is 18.9 Å². The number of carboxylic acid groups (broad SMARTS) is 1. The van der Waals surface area contributed by atoms with Crippen LogP contribution in [0.1, 0.15) is 38.7 Å². The lowest BCUT2D eigenvalue weighted by atomic mass is 10.1. The van der Waals surface area contributed by atoms with Crippen LogP contribution < -0.4 is 4.90 Å². The molecule has 2 atom stereocenters. The molecule has 1 aromatic carbocycles. The molecule has 1 fully saturated rings. The standard InChI is InChI=1S/C16H20BrNO2/c1-3-14-8-4-11(2)18(14)15-10-13(17)7-5-12(15)6-9-16(19)20/h5-7,9-11,14H,3-4,8H2,1-2H3,(H,19,20)/b9-6+. The lowest BCUT2D eigenvalue weighted by Gasteiger charge is -2.32. The molecule has 0 bridgehead atoms. The molecule has 2 rings (SSSR count). The molecular formula is C16H20BrNO2. The Labute approximate surface area is 128 Å². The van der Waals surface area contributed by atoms with Crippen LogP contribution in [0, 0.1) is 0 Å². The van der Waals surface area contributed by atoms with Crippen LogP contribution >= 0.6 is 15.9 Å². The zero-order valence-corrected chi connectivity index (χ0v) is 13.4. The number of carbonyl (C=O) groups is 1. The van der Waals surface area contributed by atoms with Crippen molar-refractivity contribution in [2.24, 2.45) is 0 Å². The van der Waals surface area contributed by atoms with Gasteiger partial charge in [-0.1, -0.05) is 28.9 Å². The van der Waals surface area contributed by atoms with Crippen molar-refractivity contribution in [2.75, 3.05) is 4.90 Å². The molecule has 1 N–H and O–H groups in total. The molecular weight excluding hydrogens is 318 g/mol. The molecule has 1 aliphatic rings. The Kier molecular flexibility index (Phi) is 4.86. The molecule has 2 unspecified atom stereocenters. The summed E-state index contributed by atoms with van der Waals surface area (Å²) in [5, 5.41) is 8.83. The molecule has 0 aliphatic carbocycles. The minimum absolute atomic E-state index is 0.492. The van der Waals surface area contributed by atoms with Gasteiger partial charge in [-0.25, -0.2) is 4.79 Å². The van der Waals surface area contributed by atoms with E-state index in [1.807, 2.05) is 12.1 Å². The van der Waals surface area contributed by atoms with Crippen molar-refractivity contribution >= 4 is 33.7 Å². The van der Waals surface area contributed by atoms with E-state index < -0.39 is 5.97 Å². The van der Waals surface area contributed by atoms with Crippen LogP contribution in [-0.4, -0.2) is 23.2 Å². The highest BCUT2D eigenvalue weighted by Gasteiger charge is 2.30. The van der Waals surface area contributed by atoms with Crippen LogP contribution in [0.25, 0.3) is 6.08 Å². The third-order valence-corrected chi connectivity index (χ3v) is 4.43. The van der Waals surface area contributed by atoms with E-state index in [-0.39, 0.29) is 0 Å². The molecule has 0 saturated carbocycles. The summed E-state index contributed by atoms with van der Waals surface area (Å²) in [5.41, 5.74) is 2.08. The zero-order chi connectivity index (χ0) is 14.7. The van der Waals surface area contributed by atoms with Gasteiger partial charge in [-0.15, -0.1) is 0 Å². The van der Waals surface area contributed by atoms with Gasteiger partial charge >= 0.3 is 5.97 Å². The van der Waals surface area contributed by atoms with Crippen LogP contribution in [0.2, 0.25) is 0 Å². The van der Waals surface area contributed by atoms with Crippen LogP contribution in [0.5, 0.6) is 0 Å². The SMILES string of the molecule is CCC1CCC(C)N1c1cc(Br)ccc1/C=C/C(=O)O. The number of halogens is 1. The number of carboxylic acids is 1. The van der Waals surface area contributed by atoms with Crippen molar-refractivity contribution in [1.29, 1.82) is 0 Å². The largest absolute Gasteiger partial charge is 0.478 e. The Bertz CT molecular complexity index is 527. The van der Waals surface area contributed by atoms with E-state index in [1.54, 1.807) is 6.08 Å². The lowest BCUT2D eigenvalue weighted by Crippen LogP contribution is -2.34. The zero-order valence-electron chi connectivity index (χ0n) is 11.8. The van der Waals surface area contributed by atoms with Gasteiger partial charge < -0.3 is 10.0 Å². The minimum atomic E-state index is -0.916. The summed E-state index contributed by atoms with van der Waals surface area (Å²) in [6.45, 7) is 4.45. The van der Waals surface area contributed by atoms with E-state index in [0.29, 0.717) is 12.1 Å². The van der Waals surface area contributed by atoms with Gasteiger partial charge in [-0.3, -0.25) is 0 Å². The van der Waals surface area contributed by atoms with Gasteiger partial charge in [0, 0.05) is 28.3 Å². The quantitative estimate of drug-likeness (QED) is 0.832. The van der Waals surface area contributed by atoms with Crippen LogP contribution in [0.15, 0.2) is 28.7 Å². The topological polar surface area (TPSA) is 40.5 Å². The number of rotatable bonds is 4. The first-order valence-electron chi connectivity index (χ1n) is 7.01. The molecule has 1 aromatic rings.